The van der Waals surface area contributed by atoms with E-state index in [4.69, 9.17) is 13.5 Å². The molecule has 8 heteroatoms. The van der Waals surface area contributed by atoms with Gasteiger partial charge in [-0.15, -0.1) is 0 Å². The highest BCUT2D eigenvalue weighted by molar-refractivity contribution is 7.62. The second-order valence-corrected chi connectivity index (χ2v) is 6.45. The number of halogens is 2. The van der Waals surface area contributed by atoms with Crippen molar-refractivity contribution in [2.75, 3.05) is 13.2 Å². The van der Waals surface area contributed by atoms with Gasteiger partial charge >= 0.3 is 13.2 Å². The summed E-state index contributed by atoms with van der Waals surface area (Å²) in [4.78, 5) is 11.5. The Morgan fingerprint density at radius 2 is 1.77 bits per heavy atom. The zero-order chi connectivity index (χ0) is 16.5. The first-order valence-electron chi connectivity index (χ1n) is 6.66. The molecule has 0 amide bonds. The maximum Gasteiger partial charge on any atom is 0.367 e. The molecule has 0 aliphatic rings. The molecule has 1 aromatic carbocycles. The molecule has 120 valence electrons. The van der Waals surface area contributed by atoms with Gasteiger partial charge in [-0.3, -0.25) is 4.57 Å². The predicted molar refractivity (Wildman–Crippen MR) is 77.6 cm³/mol. The number of rotatable bonds is 5. The van der Waals surface area contributed by atoms with Crippen LogP contribution in [0.3, 0.4) is 0 Å². The largest absolute Gasteiger partial charge is 0.419 e. The zero-order valence-corrected chi connectivity index (χ0v) is 13.2. The maximum absolute atomic E-state index is 14.6. The van der Waals surface area contributed by atoms with E-state index in [9.17, 15) is 18.1 Å². The number of hydrogen-bond donors (Lipinski definition) is 0. The van der Waals surface area contributed by atoms with E-state index in [2.05, 4.69) is 0 Å². The molecule has 0 saturated carbocycles. The van der Waals surface area contributed by atoms with E-state index in [1.165, 1.54) is 26.8 Å². The second kappa shape index (κ2) is 6.28. The van der Waals surface area contributed by atoms with Gasteiger partial charge in [-0.05, 0) is 32.9 Å². The molecule has 0 aliphatic heterocycles. The van der Waals surface area contributed by atoms with Gasteiger partial charge in [0.2, 0.25) is 0 Å². The van der Waals surface area contributed by atoms with Gasteiger partial charge in [-0.1, -0.05) is 0 Å². The van der Waals surface area contributed by atoms with Crippen LogP contribution in [-0.2, 0) is 13.6 Å². The molecule has 0 bridgehead atoms. The van der Waals surface area contributed by atoms with Crippen LogP contribution in [0.1, 0.15) is 19.4 Å². The Hall–Kier alpha value is -1.56. The van der Waals surface area contributed by atoms with Crippen molar-refractivity contribution in [3.05, 3.63) is 39.8 Å². The fourth-order valence-electron chi connectivity index (χ4n) is 2.04. The summed E-state index contributed by atoms with van der Waals surface area (Å²) in [5.41, 5.74) is -1.03. The smallest absolute Gasteiger partial charge is 0.367 e. The van der Waals surface area contributed by atoms with Crippen LogP contribution in [0.25, 0.3) is 11.0 Å². The van der Waals surface area contributed by atoms with E-state index in [0.717, 1.165) is 6.07 Å². The summed E-state index contributed by atoms with van der Waals surface area (Å²) < 4.78 is 56.2. The SMILES string of the molecule is CCOP(=O)(OCC)c1c(F)cc2cc(C)c(=O)oc2c1F. The van der Waals surface area contributed by atoms with Gasteiger partial charge in [0.25, 0.3) is 0 Å². The van der Waals surface area contributed by atoms with Crippen LogP contribution in [-0.4, -0.2) is 13.2 Å². The molecule has 0 aliphatic carbocycles. The van der Waals surface area contributed by atoms with Crippen molar-refractivity contribution in [2.24, 2.45) is 0 Å². The van der Waals surface area contributed by atoms with Crippen molar-refractivity contribution in [2.45, 2.75) is 20.8 Å². The van der Waals surface area contributed by atoms with Gasteiger partial charge in [0.05, 0.1) is 13.2 Å². The molecule has 0 radical (unpaired) electrons. The van der Waals surface area contributed by atoms with Crippen molar-refractivity contribution in [1.82, 2.24) is 0 Å². The molecule has 1 heterocycles. The van der Waals surface area contributed by atoms with Crippen molar-refractivity contribution in [3.63, 3.8) is 0 Å². The van der Waals surface area contributed by atoms with Crippen molar-refractivity contribution in [1.29, 1.82) is 0 Å². The Balaban J connectivity index is 2.81. The summed E-state index contributed by atoms with van der Waals surface area (Å²) in [6.07, 6.45) is 0. The van der Waals surface area contributed by atoms with Crippen LogP contribution in [0, 0.1) is 18.6 Å². The minimum atomic E-state index is -4.19. The van der Waals surface area contributed by atoms with Gasteiger partial charge in [-0.25, -0.2) is 13.6 Å². The van der Waals surface area contributed by atoms with Gasteiger partial charge in [0, 0.05) is 10.9 Å². The first kappa shape index (κ1) is 16.8. The van der Waals surface area contributed by atoms with Crippen LogP contribution < -0.4 is 10.9 Å². The molecule has 2 rings (SSSR count). The Kier molecular flexibility index (Phi) is 4.80. The fraction of sp³-hybridized carbons (Fsp3) is 0.357. The monoisotopic (exact) mass is 332 g/mol. The molecule has 0 N–H and O–H groups in total. The standard InChI is InChI=1S/C14H15F2O5P/c1-4-19-22(18,20-5-2)13-10(15)7-9-6-8(3)14(17)21-12(9)11(13)16/h6-7H,4-5H2,1-3H3. The molecule has 1 aromatic heterocycles. The Bertz CT molecular complexity index is 805. The average molecular weight is 332 g/mol. The van der Waals surface area contributed by atoms with E-state index in [1.807, 2.05) is 0 Å². The summed E-state index contributed by atoms with van der Waals surface area (Å²) in [5.74, 6) is -2.33. The van der Waals surface area contributed by atoms with Crippen LogP contribution in [0.15, 0.2) is 21.3 Å². The molecule has 0 fully saturated rings. The summed E-state index contributed by atoms with van der Waals surface area (Å²) in [5, 5.41) is -0.800. The van der Waals surface area contributed by atoms with Gasteiger partial charge in [0.1, 0.15) is 11.1 Å². The highest BCUT2D eigenvalue weighted by atomic mass is 31.2. The summed E-state index contributed by atoms with van der Waals surface area (Å²) in [6, 6.07) is 2.23. The quantitative estimate of drug-likeness (QED) is 0.621. The molecular weight excluding hydrogens is 317 g/mol. The highest BCUT2D eigenvalue weighted by Crippen LogP contribution is 2.48. The lowest BCUT2D eigenvalue weighted by Gasteiger charge is -2.18. The zero-order valence-electron chi connectivity index (χ0n) is 12.3. The third kappa shape index (κ3) is 2.84. The van der Waals surface area contributed by atoms with Gasteiger partial charge in [0.15, 0.2) is 11.4 Å². The topological polar surface area (TPSA) is 65.7 Å². The molecule has 2 aromatic rings. The lowest BCUT2D eigenvalue weighted by Crippen LogP contribution is -2.20. The van der Waals surface area contributed by atoms with E-state index in [0.29, 0.717) is 0 Å². The molecule has 22 heavy (non-hydrogen) atoms. The Morgan fingerprint density at radius 1 is 1.18 bits per heavy atom. The van der Waals surface area contributed by atoms with Crippen LogP contribution in [0.5, 0.6) is 0 Å². The number of hydrogen-bond acceptors (Lipinski definition) is 5. The molecule has 5 nitrogen and oxygen atoms in total. The molecule has 0 unspecified atom stereocenters. The van der Waals surface area contributed by atoms with E-state index in [1.54, 1.807) is 0 Å². The molecular formula is C14H15F2O5P. The lowest BCUT2D eigenvalue weighted by atomic mass is 10.2. The average Bonchev–Trinajstić information content (AvgIpc) is 2.41. The van der Waals surface area contributed by atoms with E-state index >= 15 is 0 Å². The molecule has 0 atom stereocenters. The van der Waals surface area contributed by atoms with Gasteiger partial charge in [-0.2, -0.15) is 0 Å². The Labute approximate surface area is 125 Å². The second-order valence-electron chi connectivity index (χ2n) is 4.49. The summed E-state index contributed by atoms with van der Waals surface area (Å²) >= 11 is 0. The number of aryl methyl sites for hydroxylation is 1. The fourth-order valence-corrected chi connectivity index (χ4v) is 3.72. The van der Waals surface area contributed by atoms with Crippen LogP contribution in [0.2, 0.25) is 0 Å². The first-order valence-corrected chi connectivity index (χ1v) is 8.20. The Morgan fingerprint density at radius 3 is 2.32 bits per heavy atom. The highest BCUT2D eigenvalue weighted by Gasteiger charge is 2.36. The predicted octanol–water partition coefficient (Wildman–Crippen LogP) is 3.27. The summed E-state index contributed by atoms with van der Waals surface area (Å²) in [6.45, 7) is 4.37. The lowest BCUT2D eigenvalue weighted by molar-refractivity contribution is 0.228. The van der Waals surface area contributed by atoms with Crippen molar-refractivity contribution in [3.8, 4) is 0 Å². The first-order chi connectivity index (χ1) is 10.3. The third-order valence-corrected chi connectivity index (χ3v) is 5.09. The molecule has 0 saturated heterocycles. The van der Waals surface area contributed by atoms with Crippen molar-refractivity contribution < 1.29 is 26.8 Å². The summed E-state index contributed by atoms with van der Waals surface area (Å²) in [7, 11) is -4.19. The number of fused-ring (bicyclic) bond motifs is 1. The van der Waals surface area contributed by atoms with Crippen LogP contribution >= 0.6 is 7.60 Å². The minimum Gasteiger partial charge on any atom is -0.419 e. The van der Waals surface area contributed by atoms with E-state index in [-0.39, 0.29) is 24.2 Å². The number of benzene rings is 1. The molecule has 0 spiro atoms. The van der Waals surface area contributed by atoms with Gasteiger partial charge < -0.3 is 13.5 Å². The maximum atomic E-state index is 14.6. The van der Waals surface area contributed by atoms with E-state index < -0.39 is 35.7 Å². The van der Waals surface area contributed by atoms with Crippen molar-refractivity contribution >= 4 is 23.9 Å². The normalized spacial score (nSPS) is 12.0. The van der Waals surface area contributed by atoms with Crippen LogP contribution in [0.4, 0.5) is 8.78 Å². The third-order valence-electron chi connectivity index (χ3n) is 2.94. The minimum absolute atomic E-state index is 0.0513.